The Labute approximate surface area is 133 Å². The largest absolute Gasteiger partial charge is 0.479 e. The number of rotatable bonds is 3. The van der Waals surface area contributed by atoms with E-state index in [1.165, 1.54) is 16.2 Å². The lowest BCUT2D eigenvalue weighted by Crippen LogP contribution is -2.45. The van der Waals surface area contributed by atoms with Crippen molar-refractivity contribution in [1.82, 2.24) is 4.90 Å². The number of benzene rings is 1. The SMILES string of the molecule is CC(C(=O)N1CCc2ccccc2C1C(=O)O)c1cccs1. The van der Waals surface area contributed by atoms with Crippen LogP contribution in [0.15, 0.2) is 41.8 Å². The van der Waals surface area contributed by atoms with Gasteiger partial charge < -0.3 is 10.0 Å². The fourth-order valence-electron chi connectivity index (χ4n) is 2.98. The molecule has 0 radical (unpaired) electrons. The van der Waals surface area contributed by atoms with Crippen LogP contribution in [0.25, 0.3) is 0 Å². The normalized spacial score (nSPS) is 18.6. The second-order valence-electron chi connectivity index (χ2n) is 5.46. The van der Waals surface area contributed by atoms with E-state index in [-0.39, 0.29) is 11.8 Å². The molecule has 0 saturated heterocycles. The standard InChI is InChI=1S/C17H17NO3S/c1-11(14-7-4-10-22-14)16(19)18-9-8-12-5-2-3-6-13(12)15(18)17(20)21/h2-7,10-11,15H,8-9H2,1H3,(H,20,21). The molecule has 1 aliphatic rings. The number of carboxylic acid groups (broad SMARTS) is 1. The number of carboxylic acids is 1. The summed E-state index contributed by atoms with van der Waals surface area (Å²) in [6.07, 6.45) is 0.697. The summed E-state index contributed by atoms with van der Waals surface area (Å²) in [7, 11) is 0. The first-order valence-corrected chi connectivity index (χ1v) is 8.12. The third-order valence-electron chi connectivity index (χ3n) is 4.14. The third kappa shape index (κ3) is 2.52. The Balaban J connectivity index is 1.93. The topological polar surface area (TPSA) is 57.6 Å². The van der Waals surface area contributed by atoms with Gasteiger partial charge in [-0.2, -0.15) is 0 Å². The summed E-state index contributed by atoms with van der Waals surface area (Å²) in [5.74, 6) is -1.41. The number of thiophene rings is 1. The molecule has 4 nitrogen and oxygen atoms in total. The molecule has 0 saturated carbocycles. The molecular weight excluding hydrogens is 298 g/mol. The van der Waals surface area contributed by atoms with Crippen LogP contribution in [0.3, 0.4) is 0 Å². The molecule has 0 fully saturated rings. The molecule has 1 aromatic heterocycles. The van der Waals surface area contributed by atoms with E-state index in [9.17, 15) is 14.7 Å². The average molecular weight is 315 g/mol. The van der Waals surface area contributed by atoms with Crippen LogP contribution in [0.2, 0.25) is 0 Å². The zero-order valence-electron chi connectivity index (χ0n) is 12.2. The van der Waals surface area contributed by atoms with Crippen LogP contribution in [0, 0.1) is 0 Å². The highest BCUT2D eigenvalue weighted by Crippen LogP contribution is 2.33. The molecule has 1 amide bonds. The predicted octanol–water partition coefficient (Wildman–Crippen LogP) is 3.06. The Hall–Kier alpha value is -2.14. The maximum atomic E-state index is 12.8. The second kappa shape index (κ2) is 5.93. The van der Waals surface area contributed by atoms with E-state index in [0.717, 1.165) is 16.0 Å². The maximum absolute atomic E-state index is 12.8. The monoisotopic (exact) mass is 315 g/mol. The number of amides is 1. The Morgan fingerprint density at radius 2 is 2.05 bits per heavy atom. The van der Waals surface area contributed by atoms with Crippen molar-refractivity contribution < 1.29 is 14.7 Å². The third-order valence-corrected chi connectivity index (χ3v) is 5.20. The van der Waals surface area contributed by atoms with E-state index < -0.39 is 12.0 Å². The van der Waals surface area contributed by atoms with Crippen LogP contribution >= 0.6 is 11.3 Å². The second-order valence-corrected chi connectivity index (χ2v) is 6.44. The predicted molar refractivity (Wildman–Crippen MR) is 85.0 cm³/mol. The van der Waals surface area contributed by atoms with Gasteiger partial charge in [0.05, 0.1) is 5.92 Å². The molecule has 5 heteroatoms. The lowest BCUT2D eigenvalue weighted by Gasteiger charge is -2.36. The van der Waals surface area contributed by atoms with Gasteiger partial charge in [-0.15, -0.1) is 11.3 Å². The first-order valence-electron chi connectivity index (χ1n) is 7.24. The summed E-state index contributed by atoms with van der Waals surface area (Å²) in [6.45, 7) is 2.29. The summed E-state index contributed by atoms with van der Waals surface area (Å²) in [6, 6.07) is 10.4. The van der Waals surface area contributed by atoms with Crippen LogP contribution in [-0.2, 0) is 16.0 Å². The summed E-state index contributed by atoms with van der Waals surface area (Å²) in [5, 5.41) is 11.6. The number of carbonyl (C=O) groups excluding carboxylic acids is 1. The lowest BCUT2D eigenvalue weighted by atomic mass is 9.91. The van der Waals surface area contributed by atoms with Crippen molar-refractivity contribution in [3.8, 4) is 0 Å². The van der Waals surface area contributed by atoms with Crippen LogP contribution in [0.4, 0.5) is 0 Å². The Bertz CT molecular complexity index is 696. The van der Waals surface area contributed by atoms with Gasteiger partial charge in [0.1, 0.15) is 0 Å². The molecule has 1 aliphatic heterocycles. The van der Waals surface area contributed by atoms with Crippen LogP contribution < -0.4 is 0 Å². The molecule has 22 heavy (non-hydrogen) atoms. The van der Waals surface area contributed by atoms with Crippen LogP contribution in [0.1, 0.15) is 34.9 Å². The summed E-state index contributed by atoms with van der Waals surface area (Å²) < 4.78 is 0. The molecule has 2 heterocycles. The minimum Gasteiger partial charge on any atom is -0.479 e. The van der Waals surface area contributed by atoms with Crippen molar-refractivity contribution in [3.05, 3.63) is 57.8 Å². The van der Waals surface area contributed by atoms with E-state index in [1.807, 2.05) is 48.7 Å². The molecule has 0 spiro atoms. The molecule has 2 aromatic rings. The minimum atomic E-state index is -0.973. The van der Waals surface area contributed by atoms with Crippen LogP contribution in [0.5, 0.6) is 0 Å². The average Bonchev–Trinajstić information content (AvgIpc) is 3.06. The van der Waals surface area contributed by atoms with E-state index >= 15 is 0 Å². The van der Waals surface area contributed by atoms with Gasteiger partial charge in [-0.25, -0.2) is 4.79 Å². The number of aliphatic carboxylic acids is 1. The molecule has 114 valence electrons. The summed E-state index contributed by atoms with van der Waals surface area (Å²) >= 11 is 1.52. The lowest BCUT2D eigenvalue weighted by molar-refractivity contribution is -0.151. The smallest absolute Gasteiger partial charge is 0.331 e. The molecule has 1 aromatic carbocycles. The van der Waals surface area contributed by atoms with Crippen LogP contribution in [-0.4, -0.2) is 28.4 Å². The van der Waals surface area contributed by atoms with E-state index in [0.29, 0.717) is 13.0 Å². The van der Waals surface area contributed by atoms with Crippen molar-refractivity contribution in [2.24, 2.45) is 0 Å². The van der Waals surface area contributed by atoms with Gasteiger partial charge in [0.15, 0.2) is 6.04 Å². The Morgan fingerprint density at radius 3 is 2.73 bits per heavy atom. The molecule has 0 bridgehead atoms. The fraction of sp³-hybridized carbons (Fsp3) is 0.294. The quantitative estimate of drug-likeness (QED) is 0.947. The zero-order valence-corrected chi connectivity index (χ0v) is 13.0. The van der Waals surface area contributed by atoms with Gasteiger partial charge in [-0.05, 0) is 35.9 Å². The zero-order chi connectivity index (χ0) is 15.7. The molecule has 0 aliphatic carbocycles. The number of nitrogens with zero attached hydrogens (tertiary/aromatic N) is 1. The molecular formula is C17H17NO3S. The summed E-state index contributed by atoms with van der Waals surface area (Å²) in [4.78, 5) is 27.0. The molecule has 2 atom stereocenters. The highest BCUT2D eigenvalue weighted by Gasteiger charge is 2.37. The first kappa shape index (κ1) is 14.8. The first-order chi connectivity index (χ1) is 10.6. The van der Waals surface area contributed by atoms with E-state index in [4.69, 9.17) is 0 Å². The van der Waals surface area contributed by atoms with Gasteiger partial charge >= 0.3 is 5.97 Å². The van der Waals surface area contributed by atoms with Gasteiger partial charge in [-0.1, -0.05) is 30.3 Å². The van der Waals surface area contributed by atoms with Crippen molar-refractivity contribution >= 4 is 23.2 Å². The molecule has 1 N–H and O–H groups in total. The number of hydrogen-bond donors (Lipinski definition) is 1. The molecule has 2 unspecified atom stereocenters. The number of hydrogen-bond acceptors (Lipinski definition) is 3. The van der Waals surface area contributed by atoms with Gasteiger partial charge in [0.25, 0.3) is 0 Å². The highest BCUT2D eigenvalue weighted by molar-refractivity contribution is 7.10. The van der Waals surface area contributed by atoms with Crippen molar-refractivity contribution in [2.45, 2.75) is 25.3 Å². The number of carbonyl (C=O) groups is 2. The van der Waals surface area contributed by atoms with E-state index in [1.54, 1.807) is 0 Å². The van der Waals surface area contributed by atoms with Gasteiger partial charge in [0, 0.05) is 11.4 Å². The molecule has 3 rings (SSSR count). The Kier molecular flexibility index (Phi) is 3.98. The summed E-state index contributed by atoms with van der Waals surface area (Å²) in [5.41, 5.74) is 1.75. The fourth-order valence-corrected chi connectivity index (χ4v) is 3.75. The Morgan fingerprint density at radius 1 is 1.27 bits per heavy atom. The van der Waals surface area contributed by atoms with Crippen molar-refractivity contribution in [3.63, 3.8) is 0 Å². The highest BCUT2D eigenvalue weighted by atomic mass is 32.1. The maximum Gasteiger partial charge on any atom is 0.331 e. The minimum absolute atomic E-state index is 0.121. The van der Waals surface area contributed by atoms with Crippen molar-refractivity contribution in [1.29, 1.82) is 0 Å². The van der Waals surface area contributed by atoms with Gasteiger partial charge in [-0.3, -0.25) is 4.79 Å². The van der Waals surface area contributed by atoms with Crippen molar-refractivity contribution in [2.75, 3.05) is 6.54 Å². The van der Waals surface area contributed by atoms with E-state index in [2.05, 4.69) is 0 Å². The number of fused-ring (bicyclic) bond motifs is 1. The van der Waals surface area contributed by atoms with Gasteiger partial charge in [0.2, 0.25) is 5.91 Å².